The Morgan fingerprint density at radius 1 is 1.00 bits per heavy atom. The lowest BCUT2D eigenvalue weighted by Crippen LogP contribution is -2.57. The summed E-state index contributed by atoms with van der Waals surface area (Å²) in [4.78, 5) is 29.8. The lowest BCUT2D eigenvalue weighted by Gasteiger charge is -2.40. The van der Waals surface area contributed by atoms with E-state index in [1.54, 1.807) is 12.1 Å². The van der Waals surface area contributed by atoms with Crippen molar-refractivity contribution < 1.29 is 14.0 Å². The number of carbonyl (C=O) groups excluding carboxylic acids is 2. The largest absolute Gasteiger partial charge is 0.459 e. The van der Waals surface area contributed by atoms with Gasteiger partial charge in [-0.05, 0) is 36.5 Å². The Labute approximate surface area is 171 Å². The normalized spacial score (nSPS) is 19.2. The lowest BCUT2D eigenvalue weighted by atomic mass is 9.95. The fourth-order valence-electron chi connectivity index (χ4n) is 4.60. The average Bonchev–Trinajstić information content (AvgIpc) is 3.48. The molecule has 2 aliphatic rings. The van der Waals surface area contributed by atoms with Gasteiger partial charge in [0.05, 0.1) is 12.3 Å². The molecule has 1 aromatic carbocycles. The molecule has 1 atom stereocenters. The van der Waals surface area contributed by atoms with Gasteiger partial charge in [0.25, 0.3) is 5.91 Å². The van der Waals surface area contributed by atoms with Crippen LogP contribution in [0.4, 0.5) is 0 Å². The molecule has 0 bridgehead atoms. The highest BCUT2D eigenvalue weighted by atomic mass is 16.3. The molecule has 6 heteroatoms. The number of amides is 2. The highest BCUT2D eigenvalue weighted by Gasteiger charge is 2.37. The van der Waals surface area contributed by atoms with Crippen molar-refractivity contribution in [2.75, 3.05) is 26.2 Å². The number of benzene rings is 1. The summed E-state index contributed by atoms with van der Waals surface area (Å²) in [6.45, 7) is 3.22. The van der Waals surface area contributed by atoms with Gasteiger partial charge in [-0.2, -0.15) is 0 Å². The third kappa shape index (κ3) is 4.70. The first-order valence-electron chi connectivity index (χ1n) is 10.6. The molecule has 2 fully saturated rings. The van der Waals surface area contributed by atoms with Gasteiger partial charge in [0.15, 0.2) is 5.76 Å². The predicted molar refractivity (Wildman–Crippen MR) is 110 cm³/mol. The van der Waals surface area contributed by atoms with E-state index >= 15 is 0 Å². The van der Waals surface area contributed by atoms with Crippen molar-refractivity contribution in [3.05, 3.63) is 60.1 Å². The SMILES string of the molecule is O=C(NCc1ccccc1)[C@@H](C1CCCC1)N1CCN(C(=O)c2ccco2)CC1. The van der Waals surface area contributed by atoms with Crippen molar-refractivity contribution in [3.63, 3.8) is 0 Å². The number of furan rings is 1. The molecule has 1 N–H and O–H groups in total. The van der Waals surface area contributed by atoms with Gasteiger partial charge in [-0.15, -0.1) is 0 Å². The molecular weight excluding hydrogens is 366 g/mol. The van der Waals surface area contributed by atoms with Crippen molar-refractivity contribution in [2.24, 2.45) is 5.92 Å². The van der Waals surface area contributed by atoms with E-state index in [1.165, 1.54) is 19.1 Å². The van der Waals surface area contributed by atoms with Crippen LogP contribution in [0.1, 0.15) is 41.8 Å². The number of nitrogens with one attached hydrogen (secondary N) is 1. The second-order valence-electron chi connectivity index (χ2n) is 8.00. The maximum absolute atomic E-state index is 13.2. The minimum atomic E-state index is -0.109. The van der Waals surface area contributed by atoms with Crippen LogP contribution >= 0.6 is 0 Å². The summed E-state index contributed by atoms with van der Waals surface area (Å²) < 4.78 is 5.25. The highest BCUT2D eigenvalue weighted by molar-refractivity contribution is 5.91. The smallest absolute Gasteiger partial charge is 0.289 e. The van der Waals surface area contributed by atoms with Gasteiger partial charge in [0.1, 0.15) is 0 Å². The summed E-state index contributed by atoms with van der Waals surface area (Å²) in [6, 6.07) is 13.4. The Bertz CT molecular complexity index is 792. The van der Waals surface area contributed by atoms with Gasteiger partial charge < -0.3 is 14.6 Å². The van der Waals surface area contributed by atoms with Crippen molar-refractivity contribution in [2.45, 2.75) is 38.3 Å². The minimum Gasteiger partial charge on any atom is -0.459 e. The van der Waals surface area contributed by atoms with Gasteiger partial charge in [-0.3, -0.25) is 14.5 Å². The molecule has 4 rings (SSSR count). The van der Waals surface area contributed by atoms with E-state index in [2.05, 4.69) is 10.2 Å². The minimum absolute atomic E-state index is 0.0689. The molecule has 1 aromatic heterocycles. The van der Waals surface area contributed by atoms with E-state index in [4.69, 9.17) is 4.42 Å². The molecule has 2 heterocycles. The Morgan fingerprint density at radius 2 is 1.72 bits per heavy atom. The molecule has 2 amide bonds. The van der Waals surface area contributed by atoms with Gasteiger partial charge >= 0.3 is 0 Å². The van der Waals surface area contributed by atoms with Gasteiger partial charge in [0, 0.05) is 32.7 Å². The maximum Gasteiger partial charge on any atom is 0.289 e. The summed E-state index contributed by atoms with van der Waals surface area (Å²) >= 11 is 0. The Balaban J connectivity index is 1.38. The van der Waals surface area contributed by atoms with Crippen molar-refractivity contribution >= 4 is 11.8 Å². The molecular formula is C23H29N3O3. The van der Waals surface area contributed by atoms with Gasteiger partial charge in [-0.1, -0.05) is 43.2 Å². The van der Waals surface area contributed by atoms with Crippen LogP contribution in [0.2, 0.25) is 0 Å². The molecule has 1 saturated heterocycles. The summed E-state index contributed by atoms with van der Waals surface area (Å²) in [6.07, 6.45) is 6.13. The average molecular weight is 396 g/mol. The predicted octanol–water partition coefficient (Wildman–Crippen LogP) is 2.91. The fraction of sp³-hybridized carbons (Fsp3) is 0.478. The molecule has 0 radical (unpaired) electrons. The van der Waals surface area contributed by atoms with E-state index in [1.807, 2.05) is 35.2 Å². The van der Waals surface area contributed by atoms with Crippen molar-refractivity contribution in [1.29, 1.82) is 0 Å². The van der Waals surface area contributed by atoms with E-state index < -0.39 is 0 Å². The van der Waals surface area contributed by atoms with Crippen LogP contribution < -0.4 is 5.32 Å². The molecule has 154 valence electrons. The zero-order valence-electron chi connectivity index (χ0n) is 16.8. The lowest BCUT2D eigenvalue weighted by molar-refractivity contribution is -0.129. The second-order valence-corrected chi connectivity index (χ2v) is 8.00. The zero-order chi connectivity index (χ0) is 20.1. The van der Waals surface area contributed by atoms with E-state index in [-0.39, 0.29) is 17.9 Å². The topological polar surface area (TPSA) is 65.8 Å². The molecule has 0 spiro atoms. The maximum atomic E-state index is 13.2. The van der Waals surface area contributed by atoms with Crippen LogP contribution in [0.3, 0.4) is 0 Å². The summed E-state index contributed by atoms with van der Waals surface area (Å²) in [5.74, 6) is 0.830. The molecule has 2 aromatic rings. The summed E-state index contributed by atoms with van der Waals surface area (Å²) in [5.41, 5.74) is 1.11. The molecule has 1 aliphatic carbocycles. The van der Waals surface area contributed by atoms with Crippen molar-refractivity contribution in [1.82, 2.24) is 15.1 Å². The number of rotatable bonds is 6. The van der Waals surface area contributed by atoms with Gasteiger partial charge in [-0.25, -0.2) is 0 Å². The van der Waals surface area contributed by atoms with E-state index in [0.29, 0.717) is 44.4 Å². The second kappa shape index (κ2) is 9.27. The summed E-state index contributed by atoms with van der Waals surface area (Å²) in [5, 5.41) is 3.15. The third-order valence-corrected chi connectivity index (χ3v) is 6.15. The Hall–Kier alpha value is -2.60. The molecule has 0 unspecified atom stereocenters. The van der Waals surface area contributed by atoms with Crippen LogP contribution in [-0.2, 0) is 11.3 Å². The third-order valence-electron chi connectivity index (χ3n) is 6.15. The fourth-order valence-corrected chi connectivity index (χ4v) is 4.60. The first-order valence-corrected chi connectivity index (χ1v) is 10.6. The number of nitrogens with zero attached hydrogens (tertiary/aromatic N) is 2. The monoisotopic (exact) mass is 395 g/mol. The standard InChI is InChI=1S/C23H29N3O3/c27-22(24-17-18-7-2-1-3-8-18)21(19-9-4-5-10-19)25-12-14-26(15-13-25)23(28)20-11-6-16-29-20/h1-3,6-8,11,16,19,21H,4-5,9-10,12-15,17H2,(H,24,27)/t21-/m1/s1. The van der Waals surface area contributed by atoms with Crippen LogP contribution in [0.5, 0.6) is 0 Å². The van der Waals surface area contributed by atoms with Gasteiger partial charge in [0.2, 0.25) is 5.91 Å². The number of carbonyl (C=O) groups is 2. The quantitative estimate of drug-likeness (QED) is 0.817. The number of piperazine rings is 1. The number of hydrogen-bond acceptors (Lipinski definition) is 4. The Morgan fingerprint density at radius 3 is 2.38 bits per heavy atom. The zero-order valence-corrected chi connectivity index (χ0v) is 16.8. The molecule has 29 heavy (non-hydrogen) atoms. The molecule has 1 saturated carbocycles. The summed E-state index contributed by atoms with van der Waals surface area (Å²) in [7, 11) is 0. The first kappa shape index (κ1) is 19.7. The molecule has 1 aliphatic heterocycles. The van der Waals surface area contributed by atoms with Crippen LogP contribution in [0.15, 0.2) is 53.1 Å². The van der Waals surface area contributed by atoms with Crippen LogP contribution in [0.25, 0.3) is 0 Å². The van der Waals surface area contributed by atoms with E-state index in [0.717, 1.165) is 18.4 Å². The Kier molecular flexibility index (Phi) is 6.30. The highest BCUT2D eigenvalue weighted by Crippen LogP contribution is 2.31. The number of hydrogen-bond donors (Lipinski definition) is 1. The van der Waals surface area contributed by atoms with Crippen LogP contribution in [-0.4, -0.2) is 53.8 Å². The van der Waals surface area contributed by atoms with Crippen LogP contribution in [0, 0.1) is 5.92 Å². The first-order chi connectivity index (χ1) is 14.2. The van der Waals surface area contributed by atoms with E-state index in [9.17, 15) is 9.59 Å². The van der Waals surface area contributed by atoms with Crippen molar-refractivity contribution in [3.8, 4) is 0 Å². The molecule has 6 nitrogen and oxygen atoms in total.